The molecule has 0 bridgehead atoms. The Morgan fingerprint density at radius 3 is 2.90 bits per heavy atom. The van der Waals surface area contributed by atoms with Crippen molar-refractivity contribution >= 4 is 11.5 Å². The molecule has 1 aliphatic rings. The summed E-state index contributed by atoms with van der Waals surface area (Å²) >= 11 is 0. The van der Waals surface area contributed by atoms with Gasteiger partial charge in [0.1, 0.15) is 5.65 Å². The van der Waals surface area contributed by atoms with Gasteiger partial charge in [-0.2, -0.15) is 0 Å². The van der Waals surface area contributed by atoms with Crippen LogP contribution < -0.4 is 10.2 Å². The summed E-state index contributed by atoms with van der Waals surface area (Å²) in [7, 11) is 1.73. The fourth-order valence-corrected chi connectivity index (χ4v) is 2.94. The largest absolute Gasteiger partial charge is 0.383 e. The molecule has 3 heterocycles. The highest BCUT2D eigenvalue weighted by Crippen LogP contribution is 2.24. The van der Waals surface area contributed by atoms with Crippen molar-refractivity contribution in [1.82, 2.24) is 14.7 Å². The molecule has 21 heavy (non-hydrogen) atoms. The third-order valence-electron chi connectivity index (χ3n) is 4.04. The van der Waals surface area contributed by atoms with Crippen LogP contribution in [0.2, 0.25) is 0 Å². The van der Waals surface area contributed by atoms with Gasteiger partial charge in [0.25, 0.3) is 0 Å². The van der Waals surface area contributed by atoms with Gasteiger partial charge in [0.05, 0.1) is 12.3 Å². The number of hydrogen-bond acceptors (Lipinski definition) is 4. The lowest BCUT2D eigenvalue weighted by Gasteiger charge is -2.27. The molecule has 3 rings (SSSR count). The van der Waals surface area contributed by atoms with E-state index in [1.807, 2.05) is 6.07 Å². The van der Waals surface area contributed by atoms with Gasteiger partial charge in [-0.3, -0.25) is 0 Å². The van der Waals surface area contributed by atoms with Gasteiger partial charge in [0.2, 0.25) is 0 Å². The average molecular weight is 288 g/mol. The number of pyridine rings is 1. The molecular formula is C16H24N4O. The lowest BCUT2D eigenvalue weighted by Crippen LogP contribution is -2.31. The number of aromatic nitrogens is 2. The monoisotopic (exact) mass is 288 g/mol. The number of imidazole rings is 1. The Bertz CT molecular complexity index is 575. The van der Waals surface area contributed by atoms with Crippen molar-refractivity contribution in [2.45, 2.75) is 25.8 Å². The van der Waals surface area contributed by atoms with Crippen LogP contribution in [-0.2, 0) is 11.3 Å². The topological polar surface area (TPSA) is 41.8 Å². The van der Waals surface area contributed by atoms with E-state index in [9.17, 15) is 0 Å². The lowest BCUT2D eigenvalue weighted by molar-refractivity contribution is 0.199. The van der Waals surface area contributed by atoms with Crippen molar-refractivity contribution in [3.05, 3.63) is 30.1 Å². The van der Waals surface area contributed by atoms with E-state index in [0.717, 1.165) is 44.3 Å². The second-order valence-corrected chi connectivity index (χ2v) is 5.53. The standard InChI is InChI=1S/C16H24N4O/c1-21-12-8-17-13-14-16(19-9-4-2-5-10-19)18-15-7-3-6-11-20(14)15/h3,6-7,11,17H,2,4-5,8-10,12-13H2,1H3. The second kappa shape index (κ2) is 6.91. The zero-order valence-corrected chi connectivity index (χ0v) is 12.7. The Labute approximate surface area is 125 Å². The molecule has 0 spiro atoms. The van der Waals surface area contributed by atoms with Crippen molar-refractivity contribution in [3.8, 4) is 0 Å². The third kappa shape index (κ3) is 3.19. The number of hydrogen-bond donors (Lipinski definition) is 1. The van der Waals surface area contributed by atoms with Gasteiger partial charge in [0, 0.05) is 39.5 Å². The van der Waals surface area contributed by atoms with Crippen LogP contribution in [-0.4, -0.2) is 42.7 Å². The number of anilines is 1. The van der Waals surface area contributed by atoms with Gasteiger partial charge in [-0.25, -0.2) is 4.98 Å². The predicted molar refractivity (Wildman–Crippen MR) is 84.8 cm³/mol. The third-order valence-corrected chi connectivity index (χ3v) is 4.04. The quantitative estimate of drug-likeness (QED) is 0.826. The molecule has 0 radical (unpaired) electrons. The molecule has 0 saturated carbocycles. The zero-order valence-electron chi connectivity index (χ0n) is 12.7. The van der Waals surface area contributed by atoms with Crippen molar-refractivity contribution in [2.24, 2.45) is 0 Å². The maximum Gasteiger partial charge on any atom is 0.152 e. The molecule has 0 unspecified atom stereocenters. The van der Waals surface area contributed by atoms with Gasteiger partial charge in [-0.05, 0) is 31.4 Å². The zero-order chi connectivity index (χ0) is 14.5. The van der Waals surface area contributed by atoms with Crippen LogP contribution in [0.4, 0.5) is 5.82 Å². The number of nitrogens with one attached hydrogen (secondary N) is 1. The minimum atomic E-state index is 0.732. The number of fused-ring (bicyclic) bond motifs is 1. The van der Waals surface area contributed by atoms with E-state index in [-0.39, 0.29) is 0 Å². The fourth-order valence-electron chi connectivity index (χ4n) is 2.94. The molecule has 1 aliphatic heterocycles. The highest BCUT2D eigenvalue weighted by Gasteiger charge is 2.19. The number of piperidine rings is 1. The number of nitrogens with zero attached hydrogens (tertiary/aromatic N) is 3. The first-order valence-electron chi connectivity index (χ1n) is 7.80. The molecule has 0 atom stereocenters. The van der Waals surface area contributed by atoms with Gasteiger partial charge in [-0.15, -0.1) is 0 Å². The first kappa shape index (κ1) is 14.4. The van der Waals surface area contributed by atoms with Crippen LogP contribution >= 0.6 is 0 Å². The summed E-state index contributed by atoms with van der Waals surface area (Å²) < 4.78 is 7.30. The van der Waals surface area contributed by atoms with Crippen LogP contribution in [0.5, 0.6) is 0 Å². The molecular weight excluding hydrogens is 264 g/mol. The van der Waals surface area contributed by atoms with Gasteiger partial charge >= 0.3 is 0 Å². The molecule has 0 aliphatic carbocycles. The highest BCUT2D eigenvalue weighted by molar-refractivity contribution is 5.56. The van der Waals surface area contributed by atoms with E-state index in [4.69, 9.17) is 9.72 Å². The predicted octanol–water partition coefficient (Wildman–Crippen LogP) is 2.06. The fraction of sp³-hybridized carbons (Fsp3) is 0.562. The van der Waals surface area contributed by atoms with Crippen LogP contribution in [0, 0.1) is 0 Å². The maximum absolute atomic E-state index is 5.10. The molecule has 1 fully saturated rings. The van der Waals surface area contributed by atoms with Crippen LogP contribution in [0.3, 0.4) is 0 Å². The van der Waals surface area contributed by atoms with Crippen molar-refractivity contribution < 1.29 is 4.74 Å². The van der Waals surface area contributed by atoms with E-state index in [1.54, 1.807) is 7.11 Å². The molecule has 2 aromatic rings. The van der Waals surface area contributed by atoms with Crippen molar-refractivity contribution in [1.29, 1.82) is 0 Å². The summed E-state index contributed by atoms with van der Waals surface area (Å²) in [6.07, 6.45) is 5.98. The Kier molecular flexibility index (Phi) is 4.72. The molecule has 114 valence electrons. The van der Waals surface area contributed by atoms with Crippen molar-refractivity contribution in [2.75, 3.05) is 38.3 Å². The second-order valence-electron chi connectivity index (χ2n) is 5.53. The summed E-state index contributed by atoms with van der Waals surface area (Å²) in [6, 6.07) is 6.18. The molecule has 0 aromatic carbocycles. The SMILES string of the molecule is COCCNCc1c(N2CCCCC2)nc2ccccn12. The summed E-state index contributed by atoms with van der Waals surface area (Å²) in [5.41, 5.74) is 2.28. The molecule has 0 amide bonds. The van der Waals surface area contributed by atoms with E-state index in [1.165, 1.54) is 25.0 Å². The van der Waals surface area contributed by atoms with Crippen LogP contribution in [0.1, 0.15) is 25.0 Å². The Morgan fingerprint density at radius 2 is 2.10 bits per heavy atom. The summed E-state index contributed by atoms with van der Waals surface area (Å²) in [5, 5.41) is 3.45. The van der Waals surface area contributed by atoms with E-state index in [0.29, 0.717) is 0 Å². The normalized spacial score (nSPS) is 15.8. The maximum atomic E-state index is 5.10. The number of methoxy groups -OCH3 is 1. The Hall–Kier alpha value is -1.59. The lowest BCUT2D eigenvalue weighted by atomic mass is 10.1. The summed E-state index contributed by atoms with van der Waals surface area (Å²) in [6.45, 7) is 4.65. The van der Waals surface area contributed by atoms with Gasteiger partial charge in [0.15, 0.2) is 5.82 Å². The Balaban J connectivity index is 1.86. The smallest absolute Gasteiger partial charge is 0.152 e. The molecule has 1 saturated heterocycles. The summed E-state index contributed by atoms with van der Waals surface area (Å²) in [4.78, 5) is 7.29. The van der Waals surface area contributed by atoms with E-state index < -0.39 is 0 Å². The first-order valence-corrected chi connectivity index (χ1v) is 7.80. The number of rotatable bonds is 6. The van der Waals surface area contributed by atoms with Crippen LogP contribution in [0.25, 0.3) is 5.65 Å². The van der Waals surface area contributed by atoms with E-state index >= 15 is 0 Å². The molecule has 1 N–H and O–H groups in total. The minimum absolute atomic E-state index is 0.732. The summed E-state index contributed by atoms with van der Waals surface area (Å²) in [5.74, 6) is 1.14. The first-order chi connectivity index (χ1) is 10.4. The molecule has 5 nitrogen and oxygen atoms in total. The average Bonchev–Trinajstić information content (AvgIpc) is 2.91. The van der Waals surface area contributed by atoms with Gasteiger partial charge < -0.3 is 19.4 Å². The Morgan fingerprint density at radius 1 is 1.24 bits per heavy atom. The highest BCUT2D eigenvalue weighted by atomic mass is 16.5. The van der Waals surface area contributed by atoms with Crippen molar-refractivity contribution in [3.63, 3.8) is 0 Å². The minimum Gasteiger partial charge on any atom is -0.383 e. The van der Waals surface area contributed by atoms with E-state index in [2.05, 4.69) is 32.9 Å². The molecule has 5 heteroatoms. The number of ether oxygens (including phenoxy) is 1. The molecule has 2 aromatic heterocycles. The van der Waals surface area contributed by atoms with Crippen LogP contribution in [0.15, 0.2) is 24.4 Å². The van der Waals surface area contributed by atoms with Gasteiger partial charge in [-0.1, -0.05) is 6.07 Å².